The predicted molar refractivity (Wildman–Crippen MR) is 77.4 cm³/mol. The third kappa shape index (κ3) is 5.78. The van der Waals surface area contributed by atoms with E-state index >= 15 is 0 Å². The fraction of sp³-hybridized carbons (Fsp3) is 0.571. The van der Waals surface area contributed by atoms with Crippen molar-refractivity contribution in [2.24, 2.45) is 0 Å². The number of hydrogen-bond donors (Lipinski definition) is 1. The summed E-state index contributed by atoms with van der Waals surface area (Å²) < 4.78 is 16.3. The normalized spacial score (nSPS) is 18.7. The summed E-state index contributed by atoms with van der Waals surface area (Å²) in [5, 5.41) is 3.29. The topological polar surface area (TPSA) is 39.7 Å². The van der Waals surface area contributed by atoms with Gasteiger partial charge in [-0.05, 0) is 24.1 Å². The Kier molecular flexibility index (Phi) is 7.82. The van der Waals surface area contributed by atoms with E-state index in [4.69, 9.17) is 14.2 Å². The molecule has 0 saturated carbocycles. The van der Waals surface area contributed by atoms with E-state index in [1.807, 2.05) is 12.1 Å². The molecular formula is C14H22ClNO3. The summed E-state index contributed by atoms with van der Waals surface area (Å²) in [7, 11) is 1.68. The first-order valence-corrected chi connectivity index (χ1v) is 6.41. The second-order valence-corrected chi connectivity index (χ2v) is 4.37. The van der Waals surface area contributed by atoms with Crippen molar-refractivity contribution in [1.29, 1.82) is 0 Å². The summed E-state index contributed by atoms with van der Waals surface area (Å²) in [6.45, 7) is 4.02. The van der Waals surface area contributed by atoms with Gasteiger partial charge in [-0.3, -0.25) is 0 Å². The summed E-state index contributed by atoms with van der Waals surface area (Å²) in [4.78, 5) is 0. The van der Waals surface area contributed by atoms with Gasteiger partial charge in [0, 0.05) is 13.1 Å². The molecule has 5 heteroatoms. The minimum absolute atomic E-state index is 0. The summed E-state index contributed by atoms with van der Waals surface area (Å²) >= 11 is 0. The lowest BCUT2D eigenvalue weighted by Gasteiger charge is -2.23. The van der Waals surface area contributed by atoms with Crippen LogP contribution in [0.1, 0.15) is 5.56 Å². The molecule has 0 aliphatic carbocycles. The molecule has 1 aromatic carbocycles. The molecule has 1 unspecified atom stereocenters. The van der Waals surface area contributed by atoms with Crippen molar-refractivity contribution in [3.05, 3.63) is 29.8 Å². The molecule has 0 aromatic heterocycles. The fourth-order valence-electron chi connectivity index (χ4n) is 1.92. The molecule has 0 radical (unpaired) electrons. The Bertz CT molecular complexity index is 339. The molecule has 1 atom stereocenters. The Labute approximate surface area is 120 Å². The molecule has 108 valence electrons. The number of methoxy groups -OCH3 is 1. The lowest BCUT2D eigenvalue weighted by molar-refractivity contribution is -0.0307. The predicted octanol–water partition coefficient (Wildman–Crippen LogP) is 1.66. The number of rotatable bonds is 6. The number of halogens is 1. The number of hydrogen-bond acceptors (Lipinski definition) is 4. The Morgan fingerprint density at radius 2 is 2.11 bits per heavy atom. The van der Waals surface area contributed by atoms with Crippen molar-refractivity contribution in [3.8, 4) is 5.75 Å². The lowest BCUT2D eigenvalue weighted by atomic mass is 10.1. The first kappa shape index (κ1) is 16.2. The van der Waals surface area contributed by atoms with E-state index in [9.17, 15) is 0 Å². The molecule has 2 rings (SSSR count). The highest BCUT2D eigenvalue weighted by molar-refractivity contribution is 5.85. The van der Waals surface area contributed by atoms with Gasteiger partial charge in [0.25, 0.3) is 0 Å². The van der Waals surface area contributed by atoms with Crippen molar-refractivity contribution in [2.45, 2.75) is 12.5 Å². The molecule has 0 amide bonds. The van der Waals surface area contributed by atoms with Gasteiger partial charge < -0.3 is 19.5 Å². The van der Waals surface area contributed by atoms with Crippen molar-refractivity contribution >= 4 is 12.4 Å². The van der Waals surface area contributed by atoms with E-state index in [1.165, 1.54) is 5.56 Å². The van der Waals surface area contributed by atoms with Crippen molar-refractivity contribution in [1.82, 2.24) is 5.32 Å². The van der Waals surface area contributed by atoms with Crippen LogP contribution in [0.2, 0.25) is 0 Å². The summed E-state index contributed by atoms with van der Waals surface area (Å²) in [6, 6.07) is 8.09. The number of morpholine rings is 1. The number of benzene rings is 1. The van der Waals surface area contributed by atoms with Crippen LogP contribution in [0, 0.1) is 0 Å². The first-order chi connectivity index (χ1) is 8.88. The maximum atomic E-state index is 5.64. The molecule has 1 aliphatic rings. The van der Waals surface area contributed by atoms with Crippen LogP contribution < -0.4 is 10.1 Å². The molecule has 1 N–H and O–H groups in total. The minimum atomic E-state index is 0. The highest BCUT2D eigenvalue weighted by atomic mass is 35.5. The van der Waals surface area contributed by atoms with Gasteiger partial charge in [0.05, 0.1) is 33.0 Å². The van der Waals surface area contributed by atoms with Crippen molar-refractivity contribution in [3.63, 3.8) is 0 Å². The van der Waals surface area contributed by atoms with Gasteiger partial charge in [-0.25, -0.2) is 0 Å². The van der Waals surface area contributed by atoms with Crippen LogP contribution in [0.3, 0.4) is 0 Å². The average molecular weight is 288 g/mol. The Morgan fingerprint density at radius 3 is 2.74 bits per heavy atom. The van der Waals surface area contributed by atoms with Gasteiger partial charge in [-0.1, -0.05) is 12.1 Å². The molecular weight excluding hydrogens is 266 g/mol. The molecule has 1 heterocycles. The molecule has 19 heavy (non-hydrogen) atoms. The fourth-order valence-corrected chi connectivity index (χ4v) is 1.92. The first-order valence-electron chi connectivity index (χ1n) is 6.41. The molecule has 4 nitrogen and oxygen atoms in total. The van der Waals surface area contributed by atoms with Crippen LogP contribution in [-0.4, -0.2) is 46.1 Å². The summed E-state index contributed by atoms with van der Waals surface area (Å²) in [5.74, 6) is 0.890. The van der Waals surface area contributed by atoms with E-state index in [2.05, 4.69) is 17.4 Å². The number of ether oxygens (including phenoxy) is 3. The number of nitrogens with one attached hydrogen (secondary N) is 1. The molecule has 1 aliphatic heterocycles. The minimum Gasteiger partial charge on any atom is -0.497 e. The van der Waals surface area contributed by atoms with E-state index in [1.54, 1.807) is 7.11 Å². The van der Waals surface area contributed by atoms with Gasteiger partial charge in [-0.15, -0.1) is 12.4 Å². The Hall–Kier alpha value is -0.810. The lowest BCUT2D eigenvalue weighted by Crippen LogP contribution is -2.41. The highest BCUT2D eigenvalue weighted by Crippen LogP contribution is 2.11. The van der Waals surface area contributed by atoms with Gasteiger partial charge in [0.15, 0.2) is 0 Å². The standard InChI is InChI=1S/C14H21NO3.ClH/c1-16-13-4-2-12(3-5-13)6-8-17-11-14-10-15-7-9-18-14;/h2-5,14-15H,6-11H2,1H3;1H. The Balaban J connectivity index is 0.00000180. The van der Waals surface area contributed by atoms with E-state index < -0.39 is 0 Å². The van der Waals surface area contributed by atoms with Gasteiger partial charge >= 0.3 is 0 Å². The molecule has 1 aromatic rings. The molecule has 1 saturated heterocycles. The smallest absolute Gasteiger partial charge is 0.118 e. The zero-order valence-corrected chi connectivity index (χ0v) is 12.1. The average Bonchev–Trinajstić information content (AvgIpc) is 2.45. The van der Waals surface area contributed by atoms with Crippen molar-refractivity contribution in [2.75, 3.05) is 40.0 Å². The van der Waals surface area contributed by atoms with Crippen LogP contribution in [0.4, 0.5) is 0 Å². The molecule has 0 spiro atoms. The monoisotopic (exact) mass is 287 g/mol. The maximum absolute atomic E-state index is 5.64. The molecule has 0 bridgehead atoms. The third-order valence-electron chi connectivity index (χ3n) is 3.00. The SMILES string of the molecule is COc1ccc(CCOCC2CNCCO2)cc1.Cl. The summed E-state index contributed by atoms with van der Waals surface area (Å²) in [6.07, 6.45) is 1.12. The van der Waals surface area contributed by atoms with Crippen LogP contribution in [0.5, 0.6) is 5.75 Å². The second-order valence-electron chi connectivity index (χ2n) is 4.37. The summed E-state index contributed by atoms with van der Waals surface area (Å²) in [5.41, 5.74) is 1.26. The van der Waals surface area contributed by atoms with Crippen LogP contribution in [-0.2, 0) is 15.9 Å². The zero-order chi connectivity index (χ0) is 12.6. The van der Waals surface area contributed by atoms with Crippen LogP contribution >= 0.6 is 12.4 Å². The third-order valence-corrected chi connectivity index (χ3v) is 3.00. The quantitative estimate of drug-likeness (QED) is 0.808. The van der Waals surface area contributed by atoms with Gasteiger partial charge in [0.2, 0.25) is 0 Å². The van der Waals surface area contributed by atoms with Crippen LogP contribution in [0.25, 0.3) is 0 Å². The largest absolute Gasteiger partial charge is 0.497 e. The van der Waals surface area contributed by atoms with E-state index in [-0.39, 0.29) is 18.5 Å². The Morgan fingerprint density at radius 1 is 1.32 bits per heavy atom. The van der Waals surface area contributed by atoms with E-state index in [0.29, 0.717) is 6.61 Å². The van der Waals surface area contributed by atoms with Crippen LogP contribution in [0.15, 0.2) is 24.3 Å². The van der Waals surface area contributed by atoms with E-state index in [0.717, 1.165) is 38.5 Å². The zero-order valence-electron chi connectivity index (χ0n) is 11.3. The van der Waals surface area contributed by atoms with Crippen molar-refractivity contribution < 1.29 is 14.2 Å². The molecule has 1 fully saturated rings. The highest BCUT2D eigenvalue weighted by Gasteiger charge is 2.12. The maximum Gasteiger partial charge on any atom is 0.118 e. The van der Waals surface area contributed by atoms with Gasteiger partial charge in [0.1, 0.15) is 5.75 Å². The second kappa shape index (κ2) is 9.15. The van der Waals surface area contributed by atoms with Gasteiger partial charge in [-0.2, -0.15) is 0 Å².